The second-order valence-corrected chi connectivity index (χ2v) is 7.16. The van der Waals surface area contributed by atoms with Gasteiger partial charge in [0, 0.05) is 22.3 Å². The SMILES string of the molecule is COc1cc(C(=O)NNC(=O)N[C@H](C)c2ncc(-c3cc(Cl)cc(F)c3Cl)cc2F)on1. The maximum Gasteiger partial charge on any atom is 0.334 e. The molecular weight excluding hydrogens is 471 g/mol. The summed E-state index contributed by atoms with van der Waals surface area (Å²) in [7, 11) is 1.34. The number of nitrogens with one attached hydrogen (secondary N) is 3. The number of carbonyl (C=O) groups is 2. The molecule has 3 rings (SSSR count). The van der Waals surface area contributed by atoms with Crippen molar-refractivity contribution in [1.82, 2.24) is 26.3 Å². The fourth-order valence-corrected chi connectivity index (χ4v) is 3.04. The zero-order valence-corrected chi connectivity index (χ0v) is 18.0. The smallest absolute Gasteiger partial charge is 0.334 e. The highest BCUT2D eigenvalue weighted by Crippen LogP contribution is 2.33. The molecule has 2 heterocycles. The van der Waals surface area contributed by atoms with Gasteiger partial charge in [-0.2, -0.15) is 0 Å². The van der Waals surface area contributed by atoms with Crippen LogP contribution in [0.5, 0.6) is 5.88 Å². The molecule has 32 heavy (non-hydrogen) atoms. The van der Waals surface area contributed by atoms with Crippen molar-refractivity contribution in [2.24, 2.45) is 0 Å². The molecule has 0 saturated heterocycles. The van der Waals surface area contributed by atoms with E-state index in [9.17, 15) is 18.4 Å². The first-order valence-corrected chi connectivity index (χ1v) is 9.63. The standard InChI is InChI=1S/C19H15Cl2F2N5O4/c1-8(25-19(30)27-26-18(29)14-6-15(31-2)28-32-14)17-13(23)3-9(7-24-17)11-4-10(20)5-12(22)16(11)21/h3-8H,1-2H3,(H,26,29)(H2,25,27,30)/t8-/m1/s1. The van der Waals surface area contributed by atoms with Crippen LogP contribution >= 0.6 is 23.2 Å². The third-order valence-corrected chi connectivity index (χ3v) is 4.74. The van der Waals surface area contributed by atoms with Gasteiger partial charge in [0.2, 0.25) is 5.76 Å². The second kappa shape index (κ2) is 9.79. The number of hydrazine groups is 1. The maximum atomic E-state index is 14.6. The number of pyridine rings is 1. The normalized spacial score (nSPS) is 11.6. The molecule has 2 aromatic heterocycles. The molecule has 0 radical (unpaired) electrons. The van der Waals surface area contributed by atoms with Crippen molar-refractivity contribution in [2.45, 2.75) is 13.0 Å². The molecule has 0 aliphatic carbocycles. The first-order chi connectivity index (χ1) is 15.2. The van der Waals surface area contributed by atoms with Crippen LogP contribution in [0.1, 0.15) is 29.2 Å². The van der Waals surface area contributed by atoms with Crippen molar-refractivity contribution < 1.29 is 27.6 Å². The summed E-state index contributed by atoms with van der Waals surface area (Å²) < 4.78 is 37.9. The van der Waals surface area contributed by atoms with Gasteiger partial charge in [0.1, 0.15) is 11.6 Å². The van der Waals surface area contributed by atoms with Gasteiger partial charge >= 0.3 is 11.9 Å². The number of hydrogen-bond acceptors (Lipinski definition) is 6. The Balaban J connectivity index is 1.64. The first kappa shape index (κ1) is 23.2. The molecule has 0 saturated carbocycles. The maximum absolute atomic E-state index is 14.6. The highest BCUT2D eigenvalue weighted by Gasteiger charge is 2.19. The summed E-state index contributed by atoms with van der Waals surface area (Å²) in [5.41, 5.74) is 4.43. The molecule has 3 aromatic rings. The predicted octanol–water partition coefficient (Wildman–Crippen LogP) is 4.04. The summed E-state index contributed by atoms with van der Waals surface area (Å²) in [6, 6.07) is 2.99. The van der Waals surface area contributed by atoms with Crippen molar-refractivity contribution in [1.29, 1.82) is 0 Å². The summed E-state index contributed by atoms with van der Waals surface area (Å²) in [6.45, 7) is 1.47. The van der Waals surface area contributed by atoms with E-state index in [0.29, 0.717) is 0 Å². The molecule has 3 amide bonds. The van der Waals surface area contributed by atoms with E-state index in [4.69, 9.17) is 32.5 Å². The van der Waals surface area contributed by atoms with Gasteiger partial charge < -0.3 is 14.6 Å². The minimum atomic E-state index is -0.891. The lowest BCUT2D eigenvalue weighted by molar-refractivity contribution is 0.0898. The summed E-state index contributed by atoms with van der Waals surface area (Å²) in [4.78, 5) is 27.9. The quantitative estimate of drug-likeness (QED) is 0.370. The molecule has 0 fully saturated rings. The number of benzene rings is 1. The molecule has 0 aliphatic rings. The number of hydrogen-bond donors (Lipinski definition) is 3. The van der Waals surface area contributed by atoms with E-state index >= 15 is 0 Å². The number of carbonyl (C=O) groups excluding carboxylic acids is 2. The Kier molecular flexibility index (Phi) is 7.11. The van der Waals surface area contributed by atoms with Gasteiger partial charge in [-0.1, -0.05) is 23.2 Å². The van der Waals surface area contributed by atoms with Crippen molar-refractivity contribution in [3.05, 3.63) is 63.6 Å². The van der Waals surface area contributed by atoms with Crippen molar-refractivity contribution >= 4 is 35.1 Å². The van der Waals surface area contributed by atoms with E-state index < -0.39 is 29.6 Å². The number of methoxy groups -OCH3 is 1. The number of nitrogens with zero attached hydrogens (tertiary/aromatic N) is 2. The zero-order chi connectivity index (χ0) is 23.4. The van der Waals surface area contributed by atoms with Gasteiger partial charge in [-0.3, -0.25) is 15.2 Å². The van der Waals surface area contributed by atoms with E-state index in [2.05, 4.69) is 26.3 Å². The molecule has 13 heteroatoms. The Morgan fingerprint density at radius 3 is 2.53 bits per heavy atom. The number of amides is 3. The Hall–Kier alpha value is -3.44. The second-order valence-electron chi connectivity index (χ2n) is 6.35. The molecule has 0 bridgehead atoms. The minimum Gasteiger partial charge on any atom is -0.479 e. The monoisotopic (exact) mass is 485 g/mol. The fraction of sp³-hybridized carbons (Fsp3) is 0.158. The largest absolute Gasteiger partial charge is 0.479 e. The number of urea groups is 1. The minimum absolute atomic E-state index is 0.0834. The lowest BCUT2D eigenvalue weighted by atomic mass is 10.1. The number of halogens is 4. The molecule has 3 N–H and O–H groups in total. The van der Waals surface area contributed by atoms with E-state index in [1.165, 1.54) is 32.4 Å². The van der Waals surface area contributed by atoms with E-state index in [1.807, 2.05) is 0 Å². The summed E-state index contributed by atoms with van der Waals surface area (Å²) >= 11 is 11.8. The van der Waals surface area contributed by atoms with Gasteiger partial charge in [-0.15, -0.1) is 0 Å². The lowest BCUT2D eigenvalue weighted by Crippen LogP contribution is -2.47. The Bertz CT molecular complexity index is 1170. The van der Waals surface area contributed by atoms with E-state index in [-0.39, 0.29) is 38.5 Å². The first-order valence-electron chi connectivity index (χ1n) is 8.87. The number of ether oxygens (including phenoxy) is 1. The van der Waals surface area contributed by atoms with Crippen LogP contribution in [-0.2, 0) is 0 Å². The Labute approximate surface area is 190 Å². The molecule has 9 nitrogen and oxygen atoms in total. The topological polar surface area (TPSA) is 118 Å². The van der Waals surface area contributed by atoms with E-state index in [0.717, 1.165) is 12.1 Å². The van der Waals surface area contributed by atoms with Crippen LogP contribution in [0.4, 0.5) is 13.6 Å². The van der Waals surface area contributed by atoms with Crippen LogP contribution < -0.4 is 20.9 Å². The fourth-order valence-electron chi connectivity index (χ4n) is 2.62. The lowest BCUT2D eigenvalue weighted by Gasteiger charge is -2.16. The highest BCUT2D eigenvalue weighted by molar-refractivity contribution is 6.35. The molecule has 0 aliphatic heterocycles. The molecular formula is C19H15Cl2F2N5O4. The zero-order valence-electron chi connectivity index (χ0n) is 16.5. The Morgan fingerprint density at radius 1 is 1.12 bits per heavy atom. The predicted molar refractivity (Wildman–Crippen MR) is 110 cm³/mol. The summed E-state index contributed by atoms with van der Waals surface area (Å²) in [5, 5.41) is 5.71. The van der Waals surface area contributed by atoms with Gasteiger partial charge in [0.15, 0.2) is 0 Å². The van der Waals surface area contributed by atoms with Gasteiger partial charge in [-0.25, -0.2) is 19.0 Å². The molecule has 0 spiro atoms. The van der Waals surface area contributed by atoms with Crippen molar-refractivity contribution in [3.63, 3.8) is 0 Å². The molecule has 1 atom stereocenters. The highest BCUT2D eigenvalue weighted by atomic mass is 35.5. The summed E-state index contributed by atoms with van der Waals surface area (Å²) in [6.07, 6.45) is 1.27. The molecule has 0 unspecified atom stereocenters. The number of rotatable bonds is 5. The molecule has 168 valence electrons. The third kappa shape index (κ3) is 5.24. The van der Waals surface area contributed by atoms with Crippen molar-refractivity contribution in [2.75, 3.05) is 7.11 Å². The van der Waals surface area contributed by atoms with Crippen LogP contribution in [0, 0.1) is 11.6 Å². The summed E-state index contributed by atoms with van der Waals surface area (Å²) in [5.74, 6) is -2.43. The number of aromatic nitrogens is 2. The van der Waals surface area contributed by atoms with Crippen molar-refractivity contribution in [3.8, 4) is 17.0 Å². The van der Waals surface area contributed by atoms with Gasteiger partial charge in [0.05, 0.1) is 29.9 Å². The van der Waals surface area contributed by atoms with Crippen LogP contribution in [0.25, 0.3) is 11.1 Å². The third-order valence-electron chi connectivity index (χ3n) is 4.14. The average Bonchev–Trinajstić information content (AvgIpc) is 3.23. The van der Waals surface area contributed by atoms with Gasteiger partial charge in [-0.05, 0) is 30.3 Å². The van der Waals surface area contributed by atoms with E-state index in [1.54, 1.807) is 0 Å². The Morgan fingerprint density at radius 2 is 1.88 bits per heavy atom. The van der Waals surface area contributed by atoms with Crippen LogP contribution in [0.15, 0.2) is 35.0 Å². The van der Waals surface area contributed by atoms with Crippen LogP contribution in [-0.4, -0.2) is 29.2 Å². The van der Waals surface area contributed by atoms with Gasteiger partial charge in [0.25, 0.3) is 5.88 Å². The van der Waals surface area contributed by atoms with Crippen LogP contribution in [0.3, 0.4) is 0 Å². The van der Waals surface area contributed by atoms with Crippen LogP contribution in [0.2, 0.25) is 10.0 Å². The molecule has 1 aromatic carbocycles. The average molecular weight is 486 g/mol.